The molecule has 10 rings (SSSR count). The van der Waals surface area contributed by atoms with Gasteiger partial charge in [0.25, 0.3) is 17.7 Å². The maximum Gasteiger partial charge on any atom is 0.312 e. The number of nitrogens with one attached hydrogen (secondary N) is 3. The molecule has 6 saturated carbocycles. The molecule has 0 unspecified atom stereocenters. The van der Waals surface area contributed by atoms with Crippen molar-refractivity contribution in [3.8, 4) is 5.75 Å². The van der Waals surface area contributed by atoms with E-state index in [1.165, 1.54) is 13.2 Å². The minimum Gasteiger partial charge on any atom is -0.482 e. The molecule has 6 aliphatic carbocycles. The lowest BCUT2D eigenvalue weighted by atomic mass is 8.92. The SMILES string of the molecule is COC(=O)C12C3C4C1C1C2C3C41CNC(=O)c1cc(C(=O)NCc2ccc3c(c2)NC(=O)CO3)nc2c(F)cnn12. The van der Waals surface area contributed by atoms with E-state index in [1.807, 2.05) is 0 Å². The molecular weight excluding hydrogens is 535 g/mol. The highest BCUT2D eigenvalue weighted by Gasteiger charge is 3.11. The van der Waals surface area contributed by atoms with Crippen LogP contribution in [0.25, 0.3) is 5.65 Å². The molecule has 2 aromatic heterocycles. The number of carbonyl (C=O) groups is 4. The van der Waals surface area contributed by atoms with Crippen LogP contribution < -0.4 is 20.7 Å². The molecule has 12 nitrogen and oxygen atoms in total. The summed E-state index contributed by atoms with van der Waals surface area (Å²) in [5, 5.41) is 12.4. The maximum atomic E-state index is 14.5. The van der Waals surface area contributed by atoms with Crippen molar-refractivity contribution in [2.24, 2.45) is 46.3 Å². The van der Waals surface area contributed by atoms with Crippen molar-refractivity contribution >= 4 is 35.0 Å². The molecule has 6 fully saturated rings. The molecule has 1 aliphatic heterocycles. The van der Waals surface area contributed by atoms with Gasteiger partial charge in [-0.1, -0.05) is 6.07 Å². The van der Waals surface area contributed by atoms with Crippen LogP contribution in [0.15, 0.2) is 30.5 Å². The van der Waals surface area contributed by atoms with E-state index < -0.39 is 17.6 Å². The van der Waals surface area contributed by atoms with Crippen molar-refractivity contribution in [1.29, 1.82) is 0 Å². The number of esters is 1. The molecule has 0 radical (unpaired) electrons. The molecule has 208 valence electrons. The third kappa shape index (κ3) is 2.37. The highest BCUT2D eigenvalue weighted by Crippen LogP contribution is 3.10. The van der Waals surface area contributed by atoms with Crippen LogP contribution in [0.3, 0.4) is 0 Å². The molecule has 13 heteroatoms. The molecule has 3 N–H and O–H groups in total. The fourth-order valence-electron chi connectivity index (χ4n) is 9.74. The number of rotatable bonds is 7. The zero-order valence-corrected chi connectivity index (χ0v) is 21.6. The van der Waals surface area contributed by atoms with Gasteiger partial charge in [-0.2, -0.15) is 5.10 Å². The average Bonchev–Trinajstić information content (AvgIpc) is 3.37. The highest BCUT2D eigenvalue weighted by atomic mass is 19.1. The fraction of sp³-hybridized carbons (Fsp3) is 0.429. The van der Waals surface area contributed by atoms with Gasteiger partial charge in [0.1, 0.15) is 17.1 Å². The normalized spacial score (nSPS) is 35.1. The largest absolute Gasteiger partial charge is 0.482 e. The van der Waals surface area contributed by atoms with Crippen LogP contribution in [0.1, 0.15) is 26.5 Å². The Balaban J connectivity index is 0.915. The molecule has 0 bridgehead atoms. The number of anilines is 1. The Bertz CT molecular complexity index is 1730. The summed E-state index contributed by atoms with van der Waals surface area (Å²) in [7, 11) is 1.45. The van der Waals surface area contributed by atoms with Gasteiger partial charge in [0.2, 0.25) is 0 Å². The zero-order chi connectivity index (χ0) is 28.0. The summed E-state index contributed by atoms with van der Waals surface area (Å²) in [5.74, 6) is 0.860. The summed E-state index contributed by atoms with van der Waals surface area (Å²) in [4.78, 5) is 54.5. The second-order valence-electron chi connectivity index (χ2n) is 12.0. The standard InChI is InChI=1S/C28H23FN6O6/c1-40-26(39)28-20-17-21(28)19-22(28)18(20)27(17,19)9-31-25(38)14-5-13(34-23-11(29)7-32-35(14)23)24(37)30-6-10-2-3-15-12(4-10)33-16(36)8-41-15/h2-5,7,17-22H,6,8-9H2,1H3,(H,30,37)(H,31,38)(H,33,36). The summed E-state index contributed by atoms with van der Waals surface area (Å²) in [5.41, 5.74) is 0.644. The lowest BCUT2D eigenvalue weighted by Crippen LogP contribution is -3.11. The first-order chi connectivity index (χ1) is 19.8. The molecule has 0 saturated heterocycles. The molecule has 7 aliphatic rings. The number of amides is 3. The van der Waals surface area contributed by atoms with Gasteiger partial charge in [0.15, 0.2) is 18.1 Å². The average molecular weight is 559 g/mol. The van der Waals surface area contributed by atoms with Crippen LogP contribution in [0.5, 0.6) is 5.75 Å². The van der Waals surface area contributed by atoms with E-state index >= 15 is 0 Å². The third-order valence-corrected chi connectivity index (χ3v) is 11.0. The Morgan fingerprint density at radius 1 is 1.12 bits per heavy atom. The first-order valence-electron chi connectivity index (χ1n) is 13.6. The van der Waals surface area contributed by atoms with E-state index in [1.54, 1.807) is 18.2 Å². The van der Waals surface area contributed by atoms with E-state index in [0.717, 1.165) is 10.7 Å². The molecule has 3 amide bonds. The number of hydrogen-bond acceptors (Lipinski definition) is 8. The Hall–Kier alpha value is -4.55. The lowest BCUT2D eigenvalue weighted by molar-refractivity contribution is -0.641. The van der Waals surface area contributed by atoms with Crippen LogP contribution in [-0.2, 0) is 20.9 Å². The van der Waals surface area contributed by atoms with Crippen molar-refractivity contribution in [3.05, 3.63) is 53.2 Å². The van der Waals surface area contributed by atoms with Gasteiger partial charge in [-0.25, -0.2) is 13.9 Å². The van der Waals surface area contributed by atoms with Crippen molar-refractivity contribution in [2.75, 3.05) is 25.6 Å². The van der Waals surface area contributed by atoms with Crippen LogP contribution in [0.2, 0.25) is 0 Å². The second kappa shape index (κ2) is 7.20. The van der Waals surface area contributed by atoms with E-state index in [0.29, 0.717) is 59.1 Å². The topological polar surface area (TPSA) is 153 Å². The number of fused-ring (bicyclic) bond motifs is 2. The molecular formula is C28H23FN6O6. The van der Waals surface area contributed by atoms with Crippen molar-refractivity contribution in [2.45, 2.75) is 6.54 Å². The first kappa shape index (κ1) is 23.2. The summed E-state index contributed by atoms with van der Waals surface area (Å²) >= 11 is 0. The fourth-order valence-corrected chi connectivity index (χ4v) is 9.74. The number of nitrogens with zero attached hydrogens (tertiary/aromatic N) is 3. The highest BCUT2D eigenvalue weighted by molar-refractivity contribution is 5.99. The van der Waals surface area contributed by atoms with Crippen LogP contribution in [0, 0.1) is 52.2 Å². The van der Waals surface area contributed by atoms with Gasteiger partial charge >= 0.3 is 5.97 Å². The monoisotopic (exact) mass is 558 g/mol. The number of methoxy groups -OCH3 is 1. The van der Waals surface area contributed by atoms with E-state index in [2.05, 4.69) is 26.0 Å². The minimum atomic E-state index is -0.756. The predicted molar refractivity (Wildman–Crippen MR) is 135 cm³/mol. The van der Waals surface area contributed by atoms with Gasteiger partial charge in [0.05, 0.1) is 24.4 Å². The number of carbonyl (C=O) groups excluding carboxylic acids is 4. The van der Waals surface area contributed by atoms with Crippen LogP contribution in [-0.4, -0.2) is 58.6 Å². The maximum absolute atomic E-state index is 14.5. The molecule has 0 spiro atoms. The smallest absolute Gasteiger partial charge is 0.312 e. The number of halogens is 1. The summed E-state index contributed by atoms with van der Waals surface area (Å²) in [6, 6.07) is 6.44. The number of hydrogen-bond donors (Lipinski definition) is 3. The van der Waals surface area contributed by atoms with E-state index in [4.69, 9.17) is 9.47 Å². The summed E-state index contributed by atoms with van der Waals surface area (Å²) in [6.07, 6.45) is 0.953. The predicted octanol–water partition coefficient (Wildman–Crippen LogP) is 0.770. The van der Waals surface area contributed by atoms with Crippen LogP contribution in [0.4, 0.5) is 10.1 Å². The quantitative estimate of drug-likeness (QED) is 0.360. The van der Waals surface area contributed by atoms with Crippen LogP contribution >= 0.6 is 0 Å². The second-order valence-corrected chi connectivity index (χ2v) is 12.0. The van der Waals surface area contributed by atoms with Gasteiger partial charge < -0.3 is 25.4 Å². The lowest BCUT2D eigenvalue weighted by Gasteiger charge is -3.10. The number of benzene rings is 1. The summed E-state index contributed by atoms with van der Waals surface area (Å²) in [6.45, 7) is 0.514. The minimum absolute atomic E-state index is 0.000591. The Morgan fingerprint density at radius 2 is 1.88 bits per heavy atom. The third-order valence-electron chi connectivity index (χ3n) is 11.0. The van der Waals surface area contributed by atoms with Crippen molar-refractivity contribution in [1.82, 2.24) is 25.2 Å². The van der Waals surface area contributed by atoms with Gasteiger partial charge in [-0.05, 0) is 58.6 Å². The number of aromatic nitrogens is 3. The molecule has 41 heavy (non-hydrogen) atoms. The summed E-state index contributed by atoms with van der Waals surface area (Å²) < 4.78 is 26.1. The van der Waals surface area contributed by atoms with E-state index in [-0.39, 0.29) is 52.9 Å². The number of ether oxygens (including phenoxy) is 2. The van der Waals surface area contributed by atoms with Gasteiger partial charge in [0, 0.05) is 19.2 Å². The van der Waals surface area contributed by atoms with Gasteiger partial charge in [-0.15, -0.1) is 0 Å². The Kier molecular flexibility index (Phi) is 4.07. The zero-order valence-electron chi connectivity index (χ0n) is 21.6. The first-order valence-corrected chi connectivity index (χ1v) is 13.6. The van der Waals surface area contributed by atoms with Gasteiger partial charge in [-0.3, -0.25) is 19.2 Å². The van der Waals surface area contributed by atoms with E-state index in [9.17, 15) is 23.6 Å². The van der Waals surface area contributed by atoms with Crippen molar-refractivity contribution in [3.63, 3.8) is 0 Å². The molecule has 0 atom stereocenters. The molecule has 3 aromatic rings. The molecule has 3 heterocycles. The Morgan fingerprint density at radius 3 is 2.61 bits per heavy atom. The Labute approximate surface area is 231 Å². The molecule has 1 aromatic carbocycles. The van der Waals surface area contributed by atoms with Crippen molar-refractivity contribution < 1.29 is 33.0 Å².